The first-order valence-corrected chi connectivity index (χ1v) is 8.89. The molecule has 2 fully saturated rings. The van der Waals surface area contributed by atoms with E-state index in [4.69, 9.17) is 5.73 Å². The predicted molar refractivity (Wildman–Crippen MR) is 91.3 cm³/mol. The van der Waals surface area contributed by atoms with Gasteiger partial charge in [-0.1, -0.05) is 31.1 Å². The number of carbonyl (C=O) groups excluding carboxylic acids is 1. The first kappa shape index (κ1) is 17.6. The lowest BCUT2D eigenvalue weighted by atomic mass is 9.84. The molecule has 0 aliphatic heterocycles. The third kappa shape index (κ3) is 3.60. The molecule has 7 heteroatoms. The zero-order valence-electron chi connectivity index (χ0n) is 13.0. The van der Waals surface area contributed by atoms with Crippen molar-refractivity contribution in [3.05, 3.63) is 5.01 Å². The standard InChI is InChI=1S/C15H24N4OS.ClH/c1-2-3-4-5-11-18-19-15(21-11)17-14(20)12-9-6-7-10(8-9)13(12)16;/h9-10,12-13H,2-8,16H2,1H3,(H,17,19,20);1H. The summed E-state index contributed by atoms with van der Waals surface area (Å²) in [5.74, 6) is 1.04. The van der Waals surface area contributed by atoms with Crippen LogP contribution in [0.1, 0.15) is 50.5 Å². The minimum absolute atomic E-state index is 0. The van der Waals surface area contributed by atoms with Gasteiger partial charge in [0, 0.05) is 12.5 Å². The van der Waals surface area contributed by atoms with Gasteiger partial charge in [0.15, 0.2) is 0 Å². The molecule has 1 aromatic rings. The van der Waals surface area contributed by atoms with Crippen LogP contribution in [0.25, 0.3) is 0 Å². The molecule has 1 heterocycles. The van der Waals surface area contributed by atoms with Crippen molar-refractivity contribution in [2.45, 2.75) is 57.9 Å². The van der Waals surface area contributed by atoms with E-state index in [1.807, 2.05) is 0 Å². The quantitative estimate of drug-likeness (QED) is 0.777. The normalized spacial score (nSPS) is 29.4. The first-order chi connectivity index (χ1) is 10.2. The van der Waals surface area contributed by atoms with Crippen molar-refractivity contribution in [2.75, 3.05) is 5.32 Å². The van der Waals surface area contributed by atoms with Crippen LogP contribution in [-0.4, -0.2) is 22.1 Å². The fraction of sp³-hybridized carbons (Fsp3) is 0.800. The highest BCUT2D eigenvalue weighted by Gasteiger charge is 2.49. The van der Waals surface area contributed by atoms with Crippen molar-refractivity contribution >= 4 is 34.8 Å². The van der Waals surface area contributed by atoms with E-state index < -0.39 is 0 Å². The van der Waals surface area contributed by atoms with Gasteiger partial charge in [0.1, 0.15) is 5.01 Å². The molecule has 4 unspecified atom stereocenters. The Balaban J connectivity index is 0.00000176. The third-order valence-corrected chi connectivity index (χ3v) is 5.87. The lowest BCUT2D eigenvalue weighted by Crippen LogP contribution is -2.42. The monoisotopic (exact) mass is 344 g/mol. The van der Waals surface area contributed by atoms with Crippen molar-refractivity contribution in [1.82, 2.24) is 10.2 Å². The smallest absolute Gasteiger partial charge is 0.231 e. The number of nitrogens with zero attached hydrogens (tertiary/aromatic N) is 2. The molecule has 4 atom stereocenters. The molecule has 1 amide bonds. The summed E-state index contributed by atoms with van der Waals surface area (Å²) < 4.78 is 0. The number of nitrogens with one attached hydrogen (secondary N) is 1. The molecular formula is C15H25ClN4OS. The van der Waals surface area contributed by atoms with E-state index in [2.05, 4.69) is 22.4 Å². The van der Waals surface area contributed by atoms with Crippen molar-refractivity contribution in [3.63, 3.8) is 0 Å². The van der Waals surface area contributed by atoms with Crippen molar-refractivity contribution in [1.29, 1.82) is 0 Å². The average molecular weight is 345 g/mol. The second-order valence-corrected chi connectivity index (χ2v) is 7.45. The SMILES string of the molecule is CCCCCc1nnc(NC(=O)C2C3CCC(C3)C2N)s1.Cl. The third-order valence-electron chi connectivity index (χ3n) is 4.97. The van der Waals surface area contributed by atoms with Crippen LogP contribution in [0.4, 0.5) is 5.13 Å². The maximum absolute atomic E-state index is 12.4. The fourth-order valence-electron chi connectivity index (χ4n) is 3.84. The van der Waals surface area contributed by atoms with E-state index in [0.717, 1.165) is 30.7 Å². The number of anilines is 1. The van der Waals surface area contributed by atoms with Crippen LogP contribution in [0, 0.1) is 17.8 Å². The Hall–Kier alpha value is -0.720. The summed E-state index contributed by atoms with van der Waals surface area (Å²) in [4.78, 5) is 12.4. The topological polar surface area (TPSA) is 80.9 Å². The summed E-state index contributed by atoms with van der Waals surface area (Å²) in [5.41, 5.74) is 6.21. The Kier molecular flexibility index (Phi) is 6.17. The number of nitrogens with two attached hydrogens (primary N) is 1. The zero-order valence-corrected chi connectivity index (χ0v) is 14.6. The average Bonchev–Trinajstić information content (AvgIpc) is 3.15. The molecule has 3 rings (SSSR count). The van der Waals surface area contributed by atoms with Crippen LogP contribution in [0.3, 0.4) is 0 Å². The Morgan fingerprint density at radius 1 is 1.32 bits per heavy atom. The molecule has 2 aliphatic carbocycles. The lowest BCUT2D eigenvalue weighted by molar-refractivity contribution is -0.121. The molecule has 2 bridgehead atoms. The van der Waals surface area contributed by atoms with E-state index >= 15 is 0 Å². The Bertz CT molecular complexity index is 507. The van der Waals surface area contributed by atoms with Crippen molar-refractivity contribution in [2.24, 2.45) is 23.5 Å². The molecule has 0 aromatic carbocycles. The fourth-order valence-corrected chi connectivity index (χ4v) is 4.63. The number of hydrogen-bond acceptors (Lipinski definition) is 5. The van der Waals surface area contributed by atoms with Crippen LogP contribution in [-0.2, 0) is 11.2 Å². The molecule has 0 saturated heterocycles. The van der Waals surface area contributed by atoms with Crippen LogP contribution >= 0.6 is 23.7 Å². The largest absolute Gasteiger partial charge is 0.327 e. The number of amides is 1. The van der Waals surface area contributed by atoms with Gasteiger partial charge in [0.05, 0.1) is 5.92 Å². The first-order valence-electron chi connectivity index (χ1n) is 8.08. The molecule has 2 aliphatic rings. The van der Waals surface area contributed by atoms with Crippen molar-refractivity contribution < 1.29 is 4.79 Å². The molecule has 0 radical (unpaired) electrons. The number of carbonyl (C=O) groups is 1. The Morgan fingerprint density at radius 2 is 2.09 bits per heavy atom. The van der Waals surface area contributed by atoms with Crippen LogP contribution in [0.5, 0.6) is 0 Å². The summed E-state index contributed by atoms with van der Waals surface area (Å²) in [6, 6.07) is 0.0284. The lowest BCUT2D eigenvalue weighted by Gasteiger charge is -2.26. The van der Waals surface area contributed by atoms with Gasteiger partial charge in [0.25, 0.3) is 0 Å². The Morgan fingerprint density at radius 3 is 2.77 bits per heavy atom. The summed E-state index contributed by atoms with van der Waals surface area (Å²) in [6.45, 7) is 2.18. The second-order valence-electron chi connectivity index (χ2n) is 6.38. The molecular weight excluding hydrogens is 320 g/mol. The molecule has 0 spiro atoms. The molecule has 5 nitrogen and oxygen atoms in total. The number of hydrogen-bond donors (Lipinski definition) is 2. The number of halogens is 1. The minimum Gasteiger partial charge on any atom is -0.327 e. The van der Waals surface area contributed by atoms with E-state index in [9.17, 15) is 4.79 Å². The van der Waals surface area contributed by atoms with Gasteiger partial charge in [-0.25, -0.2) is 0 Å². The highest BCUT2D eigenvalue weighted by molar-refractivity contribution is 7.15. The maximum atomic E-state index is 12.4. The highest BCUT2D eigenvalue weighted by atomic mass is 35.5. The summed E-state index contributed by atoms with van der Waals surface area (Å²) in [6.07, 6.45) is 7.96. The van der Waals surface area contributed by atoms with Crippen LogP contribution in [0.2, 0.25) is 0 Å². The number of rotatable bonds is 6. The molecule has 124 valence electrons. The number of aryl methyl sites for hydroxylation is 1. The summed E-state index contributed by atoms with van der Waals surface area (Å²) in [7, 11) is 0. The predicted octanol–water partition coefficient (Wildman–Crippen LogP) is 3.00. The molecule has 3 N–H and O–H groups in total. The van der Waals surface area contributed by atoms with Gasteiger partial charge in [0.2, 0.25) is 11.0 Å². The number of unbranched alkanes of at least 4 members (excludes halogenated alkanes) is 2. The minimum atomic E-state index is -0.0313. The van der Waals surface area contributed by atoms with E-state index in [0.29, 0.717) is 17.0 Å². The van der Waals surface area contributed by atoms with Crippen LogP contribution in [0.15, 0.2) is 0 Å². The molecule has 2 saturated carbocycles. The molecule has 22 heavy (non-hydrogen) atoms. The maximum Gasteiger partial charge on any atom is 0.231 e. The van der Waals surface area contributed by atoms with Gasteiger partial charge >= 0.3 is 0 Å². The second kappa shape index (κ2) is 7.70. The number of aromatic nitrogens is 2. The molecule has 1 aromatic heterocycles. The summed E-state index contributed by atoms with van der Waals surface area (Å²) >= 11 is 1.50. The van der Waals surface area contributed by atoms with Gasteiger partial charge in [-0.15, -0.1) is 22.6 Å². The van der Waals surface area contributed by atoms with Gasteiger partial charge in [-0.05, 0) is 37.5 Å². The van der Waals surface area contributed by atoms with Crippen molar-refractivity contribution in [3.8, 4) is 0 Å². The van der Waals surface area contributed by atoms with E-state index in [1.54, 1.807) is 0 Å². The van der Waals surface area contributed by atoms with Crippen LogP contribution < -0.4 is 11.1 Å². The summed E-state index contributed by atoms with van der Waals surface area (Å²) in [5, 5.41) is 12.8. The van der Waals surface area contributed by atoms with Gasteiger partial charge in [-0.3, -0.25) is 4.79 Å². The van der Waals surface area contributed by atoms with E-state index in [1.165, 1.54) is 30.6 Å². The Labute approximate surface area is 141 Å². The van der Waals surface area contributed by atoms with Gasteiger partial charge in [-0.2, -0.15) is 0 Å². The van der Waals surface area contributed by atoms with E-state index in [-0.39, 0.29) is 30.3 Å². The number of fused-ring (bicyclic) bond motifs is 2. The van der Waals surface area contributed by atoms with Gasteiger partial charge < -0.3 is 11.1 Å². The highest BCUT2D eigenvalue weighted by Crippen LogP contribution is 2.47. The zero-order chi connectivity index (χ0) is 14.8.